The molecule has 1 fully saturated rings. The third-order valence-electron chi connectivity index (χ3n) is 6.40. The van der Waals surface area contributed by atoms with Crippen LogP contribution in [0.2, 0.25) is 0 Å². The summed E-state index contributed by atoms with van der Waals surface area (Å²) in [5, 5.41) is 3.78. The molecule has 0 aliphatic heterocycles. The van der Waals surface area contributed by atoms with Gasteiger partial charge in [-0.05, 0) is 50.1 Å². The maximum absolute atomic E-state index is 13.6. The monoisotopic (exact) mass is 437 g/mol. The van der Waals surface area contributed by atoms with E-state index in [-0.39, 0.29) is 17.1 Å². The molecule has 1 aliphatic rings. The van der Waals surface area contributed by atoms with Crippen LogP contribution in [0.4, 0.5) is 11.5 Å². The van der Waals surface area contributed by atoms with Gasteiger partial charge in [0, 0.05) is 34.6 Å². The number of Topliss-reactive ketones (excluding diaryl/α,β-unsaturated/α-hetero) is 1. The highest BCUT2D eigenvalue weighted by molar-refractivity contribution is 6.08. The van der Waals surface area contributed by atoms with Gasteiger partial charge < -0.3 is 5.32 Å². The minimum absolute atomic E-state index is 0.0181. The van der Waals surface area contributed by atoms with Crippen molar-refractivity contribution in [3.05, 3.63) is 94.3 Å². The Morgan fingerprint density at radius 3 is 2.30 bits per heavy atom. The average Bonchev–Trinajstić information content (AvgIpc) is 2.85. The lowest BCUT2D eigenvalue weighted by molar-refractivity contribution is 0.0891. The molecule has 0 bridgehead atoms. The SMILES string of the molecule is Cc1cc(C(=O)C2CCCCC2)c2c(=O)cc(Nc3ccccc3)n(-c3ccccc3)c2n1. The highest BCUT2D eigenvalue weighted by atomic mass is 16.1. The number of hydrogen-bond donors (Lipinski definition) is 1. The zero-order chi connectivity index (χ0) is 22.8. The molecule has 0 radical (unpaired) electrons. The molecule has 5 heteroatoms. The van der Waals surface area contributed by atoms with Crippen molar-refractivity contribution in [2.75, 3.05) is 5.32 Å². The molecule has 0 atom stereocenters. The number of carbonyl (C=O) groups is 1. The van der Waals surface area contributed by atoms with Crippen molar-refractivity contribution < 1.29 is 4.79 Å². The van der Waals surface area contributed by atoms with Crippen molar-refractivity contribution in [2.24, 2.45) is 5.92 Å². The standard InChI is InChI=1S/C28H27N3O2/c1-19-17-23(27(33)20-11-5-2-6-12-20)26-24(32)18-25(30-21-13-7-3-8-14-21)31(28(26)29-19)22-15-9-4-10-16-22/h3-4,7-10,13-18,20,30H,2,5-6,11-12H2,1H3. The first kappa shape index (κ1) is 21.1. The molecule has 5 rings (SSSR count). The lowest BCUT2D eigenvalue weighted by atomic mass is 9.83. The number of aryl methyl sites for hydroxylation is 1. The number of fused-ring (bicyclic) bond motifs is 1. The molecule has 166 valence electrons. The van der Waals surface area contributed by atoms with Gasteiger partial charge in [0.2, 0.25) is 0 Å². The second-order valence-electron chi connectivity index (χ2n) is 8.76. The van der Waals surface area contributed by atoms with Gasteiger partial charge in [0.15, 0.2) is 16.9 Å². The average molecular weight is 438 g/mol. The zero-order valence-electron chi connectivity index (χ0n) is 18.8. The molecule has 2 heterocycles. The summed E-state index contributed by atoms with van der Waals surface area (Å²) in [5.41, 5.74) is 3.28. The Hall–Kier alpha value is -3.73. The van der Waals surface area contributed by atoms with Gasteiger partial charge in [-0.25, -0.2) is 4.98 Å². The number of ketones is 1. The van der Waals surface area contributed by atoms with Crippen LogP contribution in [-0.4, -0.2) is 15.3 Å². The van der Waals surface area contributed by atoms with Crippen LogP contribution in [0.25, 0.3) is 16.7 Å². The molecule has 1 saturated carbocycles. The number of pyridine rings is 2. The Morgan fingerprint density at radius 1 is 0.939 bits per heavy atom. The molecular weight excluding hydrogens is 410 g/mol. The lowest BCUT2D eigenvalue weighted by Crippen LogP contribution is -2.22. The Labute approximate surface area is 193 Å². The zero-order valence-corrected chi connectivity index (χ0v) is 18.8. The number of aromatic nitrogens is 2. The maximum atomic E-state index is 13.6. The second kappa shape index (κ2) is 9.02. The first-order chi connectivity index (χ1) is 16.1. The van der Waals surface area contributed by atoms with Gasteiger partial charge in [0.1, 0.15) is 5.82 Å². The van der Waals surface area contributed by atoms with Gasteiger partial charge in [-0.3, -0.25) is 14.2 Å². The Kier molecular flexibility index (Phi) is 5.78. The Bertz CT molecular complexity index is 1360. The van der Waals surface area contributed by atoms with Crippen molar-refractivity contribution in [1.82, 2.24) is 9.55 Å². The predicted molar refractivity (Wildman–Crippen MR) is 133 cm³/mol. The largest absolute Gasteiger partial charge is 0.341 e. The lowest BCUT2D eigenvalue weighted by Gasteiger charge is -2.22. The smallest absolute Gasteiger partial charge is 0.193 e. The van der Waals surface area contributed by atoms with Crippen LogP contribution in [0.15, 0.2) is 77.6 Å². The van der Waals surface area contributed by atoms with Gasteiger partial charge in [0.05, 0.1) is 5.39 Å². The second-order valence-corrected chi connectivity index (χ2v) is 8.76. The molecule has 0 amide bonds. The Morgan fingerprint density at radius 2 is 1.61 bits per heavy atom. The summed E-state index contributed by atoms with van der Waals surface area (Å²) in [6.45, 7) is 1.88. The molecule has 0 spiro atoms. The third kappa shape index (κ3) is 4.19. The minimum Gasteiger partial charge on any atom is -0.341 e. The van der Waals surface area contributed by atoms with E-state index in [0.29, 0.717) is 22.4 Å². The summed E-state index contributed by atoms with van der Waals surface area (Å²) in [5.74, 6) is 0.667. The molecule has 33 heavy (non-hydrogen) atoms. The van der Waals surface area contributed by atoms with Gasteiger partial charge in [0.25, 0.3) is 0 Å². The number of carbonyl (C=O) groups excluding carboxylic acids is 1. The van der Waals surface area contributed by atoms with Crippen molar-refractivity contribution in [3.63, 3.8) is 0 Å². The van der Waals surface area contributed by atoms with Gasteiger partial charge in [-0.1, -0.05) is 55.7 Å². The first-order valence-corrected chi connectivity index (χ1v) is 11.6. The van der Waals surface area contributed by atoms with E-state index in [0.717, 1.165) is 42.8 Å². The molecular formula is C28H27N3O2. The summed E-state index contributed by atoms with van der Waals surface area (Å²) >= 11 is 0. The number of nitrogens with zero attached hydrogens (tertiary/aromatic N) is 2. The van der Waals surface area contributed by atoms with Crippen LogP contribution in [0.1, 0.15) is 48.2 Å². The van der Waals surface area contributed by atoms with Gasteiger partial charge in [-0.15, -0.1) is 0 Å². The topological polar surface area (TPSA) is 64.0 Å². The molecule has 2 aromatic carbocycles. The van der Waals surface area contributed by atoms with E-state index in [2.05, 4.69) is 5.32 Å². The maximum Gasteiger partial charge on any atom is 0.193 e. The van der Waals surface area contributed by atoms with Crippen LogP contribution >= 0.6 is 0 Å². The van der Waals surface area contributed by atoms with Crippen molar-refractivity contribution in [3.8, 4) is 5.69 Å². The van der Waals surface area contributed by atoms with Crippen LogP contribution in [0.5, 0.6) is 0 Å². The fourth-order valence-electron chi connectivity index (χ4n) is 4.82. The molecule has 0 saturated heterocycles. The van der Waals surface area contributed by atoms with Crippen molar-refractivity contribution in [1.29, 1.82) is 0 Å². The van der Waals surface area contributed by atoms with E-state index in [1.54, 1.807) is 12.1 Å². The van der Waals surface area contributed by atoms with E-state index >= 15 is 0 Å². The molecule has 5 nitrogen and oxygen atoms in total. The number of benzene rings is 2. The highest BCUT2D eigenvalue weighted by Crippen LogP contribution is 2.31. The summed E-state index contributed by atoms with van der Waals surface area (Å²) < 4.78 is 1.94. The summed E-state index contributed by atoms with van der Waals surface area (Å²) in [6, 6.07) is 22.9. The quantitative estimate of drug-likeness (QED) is 0.378. The fourth-order valence-corrected chi connectivity index (χ4v) is 4.82. The number of hydrogen-bond acceptors (Lipinski definition) is 4. The predicted octanol–water partition coefficient (Wildman–Crippen LogP) is 6.20. The first-order valence-electron chi connectivity index (χ1n) is 11.6. The van der Waals surface area contributed by atoms with Crippen LogP contribution < -0.4 is 10.7 Å². The van der Waals surface area contributed by atoms with Gasteiger partial charge >= 0.3 is 0 Å². The summed E-state index contributed by atoms with van der Waals surface area (Å²) in [4.78, 5) is 31.8. The number of para-hydroxylation sites is 2. The van der Waals surface area contributed by atoms with E-state index in [1.807, 2.05) is 72.2 Å². The minimum atomic E-state index is -0.192. The van der Waals surface area contributed by atoms with Crippen molar-refractivity contribution in [2.45, 2.75) is 39.0 Å². The highest BCUT2D eigenvalue weighted by Gasteiger charge is 2.26. The normalized spacial score (nSPS) is 14.3. The third-order valence-corrected chi connectivity index (χ3v) is 6.40. The van der Waals surface area contributed by atoms with Crippen molar-refractivity contribution >= 4 is 28.3 Å². The molecule has 0 unspecified atom stereocenters. The Balaban J connectivity index is 1.76. The van der Waals surface area contributed by atoms with Crippen LogP contribution in [0.3, 0.4) is 0 Å². The van der Waals surface area contributed by atoms with Gasteiger partial charge in [-0.2, -0.15) is 0 Å². The van der Waals surface area contributed by atoms with Crippen LogP contribution in [-0.2, 0) is 0 Å². The number of anilines is 2. The molecule has 4 aromatic rings. The molecule has 1 aliphatic carbocycles. The van der Waals surface area contributed by atoms with Crippen LogP contribution in [0, 0.1) is 12.8 Å². The number of rotatable bonds is 5. The van der Waals surface area contributed by atoms with E-state index < -0.39 is 0 Å². The van der Waals surface area contributed by atoms with E-state index in [1.165, 1.54) is 6.42 Å². The summed E-state index contributed by atoms with van der Waals surface area (Å²) in [7, 11) is 0. The summed E-state index contributed by atoms with van der Waals surface area (Å²) in [6.07, 6.45) is 5.09. The van der Waals surface area contributed by atoms with E-state index in [9.17, 15) is 9.59 Å². The molecule has 1 N–H and O–H groups in total. The fraction of sp³-hybridized carbons (Fsp3) is 0.250. The van der Waals surface area contributed by atoms with E-state index in [4.69, 9.17) is 4.98 Å². The molecule has 2 aromatic heterocycles. The number of nitrogens with one attached hydrogen (secondary N) is 1.